The number of likely N-dealkylation sites (tertiary alicyclic amines) is 1. The molecule has 0 radical (unpaired) electrons. The first kappa shape index (κ1) is 25.9. The summed E-state index contributed by atoms with van der Waals surface area (Å²) in [5, 5.41) is 0. The first-order chi connectivity index (χ1) is 17.5. The molecule has 2 aliphatic heterocycles. The van der Waals surface area contributed by atoms with Crippen LogP contribution in [0, 0.1) is 0 Å². The topological polar surface area (TPSA) is 84.4 Å². The van der Waals surface area contributed by atoms with Crippen LogP contribution in [-0.4, -0.2) is 91.3 Å². The molecular weight excluding hydrogens is 460 g/mol. The standard InChI is InChI=1S/C27H36N4O5/c1-34-18-17-31-26(33)30(14-6-8-21-7-5-13-28-19-21)25(32)27(31)11-15-29(16-12-27)20-22-9-4-10-23(35-2)24(22)36-3/h4-5,7,9-10,13,19H,6,8,11-12,14-18,20H2,1-3H3. The summed E-state index contributed by atoms with van der Waals surface area (Å²) in [7, 11) is 4.89. The number of para-hydroxylation sites is 1. The Labute approximate surface area is 212 Å². The summed E-state index contributed by atoms with van der Waals surface area (Å²) in [6.45, 7) is 3.30. The van der Waals surface area contributed by atoms with Crippen LogP contribution in [0.1, 0.15) is 30.4 Å². The van der Waals surface area contributed by atoms with E-state index in [1.54, 1.807) is 32.4 Å². The van der Waals surface area contributed by atoms with E-state index >= 15 is 0 Å². The second-order valence-corrected chi connectivity index (χ2v) is 9.31. The number of nitrogens with zero attached hydrogens (tertiary/aromatic N) is 4. The predicted octanol–water partition coefficient (Wildman–Crippen LogP) is 2.98. The maximum atomic E-state index is 13.7. The molecule has 0 bridgehead atoms. The summed E-state index contributed by atoms with van der Waals surface area (Å²) in [6.07, 6.45) is 6.23. The van der Waals surface area contributed by atoms with Crippen molar-refractivity contribution in [2.24, 2.45) is 0 Å². The predicted molar refractivity (Wildman–Crippen MR) is 135 cm³/mol. The first-order valence-electron chi connectivity index (χ1n) is 12.5. The monoisotopic (exact) mass is 496 g/mol. The van der Waals surface area contributed by atoms with Gasteiger partial charge in [0.05, 0.1) is 20.8 Å². The van der Waals surface area contributed by atoms with E-state index in [1.165, 1.54) is 4.90 Å². The lowest BCUT2D eigenvalue weighted by atomic mass is 9.85. The van der Waals surface area contributed by atoms with Gasteiger partial charge in [0.2, 0.25) is 0 Å². The molecule has 194 valence electrons. The number of hydrogen-bond acceptors (Lipinski definition) is 7. The van der Waals surface area contributed by atoms with Gasteiger partial charge in [-0.15, -0.1) is 0 Å². The van der Waals surface area contributed by atoms with Crippen molar-refractivity contribution in [3.63, 3.8) is 0 Å². The van der Waals surface area contributed by atoms with E-state index in [4.69, 9.17) is 14.2 Å². The van der Waals surface area contributed by atoms with Crippen molar-refractivity contribution >= 4 is 11.9 Å². The molecule has 0 unspecified atom stereocenters. The maximum Gasteiger partial charge on any atom is 0.327 e. The first-order valence-corrected chi connectivity index (χ1v) is 12.5. The number of aromatic nitrogens is 1. The molecule has 9 heteroatoms. The molecule has 36 heavy (non-hydrogen) atoms. The lowest BCUT2D eigenvalue weighted by Gasteiger charge is -2.42. The Morgan fingerprint density at radius 1 is 1.00 bits per heavy atom. The molecule has 1 spiro atoms. The molecule has 9 nitrogen and oxygen atoms in total. The van der Waals surface area contributed by atoms with Gasteiger partial charge in [-0.2, -0.15) is 0 Å². The van der Waals surface area contributed by atoms with Gasteiger partial charge in [-0.3, -0.25) is 19.6 Å². The second kappa shape index (κ2) is 11.7. The molecular formula is C27H36N4O5. The number of urea groups is 1. The van der Waals surface area contributed by atoms with Crippen LogP contribution in [0.3, 0.4) is 0 Å². The number of ether oxygens (including phenoxy) is 3. The number of rotatable bonds is 11. The van der Waals surface area contributed by atoms with Crippen LogP contribution in [-0.2, 0) is 22.5 Å². The highest BCUT2D eigenvalue weighted by molar-refractivity contribution is 6.07. The average molecular weight is 497 g/mol. The van der Waals surface area contributed by atoms with Gasteiger partial charge >= 0.3 is 6.03 Å². The van der Waals surface area contributed by atoms with Crippen molar-refractivity contribution in [3.05, 3.63) is 53.9 Å². The van der Waals surface area contributed by atoms with Gasteiger partial charge in [0, 0.05) is 57.8 Å². The molecule has 2 aliphatic rings. The van der Waals surface area contributed by atoms with Crippen molar-refractivity contribution in [3.8, 4) is 11.5 Å². The summed E-state index contributed by atoms with van der Waals surface area (Å²) < 4.78 is 16.3. The van der Waals surface area contributed by atoms with Gasteiger partial charge in [0.25, 0.3) is 5.91 Å². The van der Waals surface area contributed by atoms with Gasteiger partial charge in [-0.05, 0) is 43.4 Å². The highest BCUT2D eigenvalue weighted by atomic mass is 16.5. The molecule has 0 saturated carbocycles. The Bertz CT molecular complexity index is 1040. The summed E-state index contributed by atoms with van der Waals surface area (Å²) >= 11 is 0. The SMILES string of the molecule is COCCN1C(=O)N(CCCc2cccnc2)C(=O)C12CCN(Cc1cccc(OC)c1OC)CC2. The Morgan fingerprint density at radius 3 is 2.47 bits per heavy atom. The third-order valence-corrected chi connectivity index (χ3v) is 7.27. The number of benzene rings is 1. The van der Waals surface area contributed by atoms with Crippen LogP contribution in [0.4, 0.5) is 4.79 Å². The molecule has 2 fully saturated rings. The molecule has 2 saturated heterocycles. The molecule has 3 amide bonds. The van der Waals surface area contributed by atoms with Crippen molar-refractivity contribution in [1.82, 2.24) is 19.7 Å². The molecule has 3 heterocycles. The summed E-state index contributed by atoms with van der Waals surface area (Å²) in [5.41, 5.74) is 1.33. The normalized spacial score (nSPS) is 17.8. The third kappa shape index (κ3) is 5.17. The van der Waals surface area contributed by atoms with E-state index in [0.717, 1.165) is 23.3 Å². The van der Waals surface area contributed by atoms with Crippen LogP contribution in [0.2, 0.25) is 0 Å². The van der Waals surface area contributed by atoms with E-state index in [-0.39, 0.29) is 11.9 Å². The number of amides is 3. The molecule has 1 aromatic heterocycles. The van der Waals surface area contributed by atoms with Gasteiger partial charge in [-0.25, -0.2) is 4.79 Å². The van der Waals surface area contributed by atoms with Crippen LogP contribution < -0.4 is 9.47 Å². The third-order valence-electron chi connectivity index (χ3n) is 7.27. The van der Waals surface area contributed by atoms with E-state index in [1.807, 2.05) is 36.5 Å². The van der Waals surface area contributed by atoms with Gasteiger partial charge < -0.3 is 19.1 Å². The minimum atomic E-state index is -0.807. The Morgan fingerprint density at radius 2 is 1.81 bits per heavy atom. The van der Waals surface area contributed by atoms with Gasteiger partial charge in [-0.1, -0.05) is 18.2 Å². The fraction of sp³-hybridized carbons (Fsp3) is 0.519. The highest BCUT2D eigenvalue weighted by Gasteiger charge is 2.57. The number of hydrogen-bond donors (Lipinski definition) is 0. The molecule has 0 atom stereocenters. The number of imide groups is 1. The molecule has 1 aromatic carbocycles. The van der Waals surface area contributed by atoms with E-state index in [2.05, 4.69) is 9.88 Å². The van der Waals surface area contributed by atoms with Crippen LogP contribution in [0.15, 0.2) is 42.7 Å². The number of carbonyl (C=O) groups excluding carboxylic acids is 2. The zero-order chi connectivity index (χ0) is 25.5. The summed E-state index contributed by atoms with van der Waals surface area (Å²) in [6, 6.07) is 9.58. The van der Waals surface area contributed by atoms with Crippen LogP contribution in [0.5, 0.6) is 11.5 Å². The number of carbonyl (C=O) groups is 2. The van der Waals surface area contributed by atoms with Crippen molar-refractivity contribution in [2.45, 2.75) is 37.8 Å². The fourth-order valence-electron chi connectivity index (χ4n) is 5.34. The average Bonchev–Trinajstić information content (AvgIpc) is 3.09. The van der Waals surface area contributed by atoms with E-state index in [0.29, 0.717) is 64.3 Å². The lowest BCUT2D eigenvalue weighted by molar-refractivity contribution is -0.136. The largest absolute Gasteiger partial charge is 0.493 e. The van der Waals surface area contributed by atoms with Gasteiger partial charge in [0.15, 0.2) is 11.5 Å². The number of aryl methyl sites for hydroxylation is 1. The van der Waals surface area contributed by atoms with Crippen LogP contribution in [0.25, 0.3) is 0 Å². The maximum absolute atomic E-state index is 13.7. The summed E-state index contributed by atoms with van der Waals surface area (Å²) in [5.74, 6) is 1.36. The highest BCUT2D eigenvalue weighted by Crippen LogP contribution is 2.39. The van der Waals surface area contributed by atoms with Crippen molar-refractivity contribution < 1.29 is 23.8 Å². The Kier molecular flexibility index (Phi) is 8.43. The second-order valence-electron chi connectivity index (χ2n) is 9.31. The minimum absolute atomic E-state index is 0.0756. The zero-order valence-electron chi connectivity index (χ0n) is 21.4. The minimum Gasteiger partial charge on any atom is -0.493 e. The van der Waals surface area contributed by atoms with Crippen molar-refractivity contribution in [1.29, 1.82) is 0 Å². The molecule has 0 aliphatic carbocycles. The molecule has 0 N–H and O–H groups in total. The zero-order valence-corrected chi connectivity index (χ0v) is 21.4. The van der Waals surface area contributed by atoms with Crippen LogP contribution >= 0.6 is 0 Å². The fourth-order valence-corrected chi connectivity index (χ4v) is 5.34. The van der Waals surface area contributed by atoms with Crippen molar-refractivity contribution in [2.75, 3.05) is 54.1 Å². The quantitative estimate of drug-likeness (QED) is 0.442. The van der Waals surface area contributed by atoms with Gasteiger partial charge in [0.1, 0.15) is 5.54 Å². The van der Waals surface area contributed by atoms with E-state index < -0.39 is 5.54 Å². The number of piperidine rings is 1. The van der Waals surface area contributed by atoms with E-state index in [9.17, 15) is 9.59 Å². The molecule has 2 aromatic rings. The Hall–Kier alpha value is -3.17. The smallest absolute Gasteiger partial charge is 0.327 e. The molecule has 4 rings (SSSR count). The number of pyridine rings is 1. The lowest BCUT2D eigenvalue weighted by Crippen LogP contribution is -2.57. The summed E-state index contributed by atoms with van der Waals surface area (Å²) in [4.78, 5) is 36.8. The Balaban J connectivity index is 1.44. The number of methoxy groups -OCH3 is 3.